The third-order valence-electron chi connectivity index (χ3n) is 7.54. The highest BCUT2D eigenvalue weighted by Gasteiger charge is 2.31. The second-order valence-electron chi connectivity index (χ2n) is 10.2. The van der Waals surface area contributed by atoms with E-state index in [4.69, 9.17) is 14.3 Å². The van der Waals surface area contributed by atoms with Gasteiger partial charge in [-0.15, -0.1) is 5.48 Å². The number of hydroxylamine groups is 1. The lowest BCUT2D eigenvalue weighted by Gasteiger charge is -2.22. The molecule has 0 bridgehead atoms. The van der Waals surface area contributed by atoms with E-state index >= 15 is 0 Å². The van der Waals surface area contributed by atoms with Crippen molar-refractivity contribution in [1.82, 2.24) is 10.8 Å². The van der Waals surface area contributed by atoms with Gasteiger partial charge in [-0.2, -0.15) is 0 Å². The zero-order chi connectivity index (χ0) is 30.3. The number of carbonyl (C=O) groups is 3. The maximum Gasteiger partial charge on any atom is 0.325 e. The summed E-state index contributed by atoms with van der Waals surface area (Å²) in [5, 5.41) is 12.7. The zero-order valence-electron chi connectivity index (χ0n) is 23.8. The molecule has 4 aromatic carbocycles. The van der Waals surface area contributed by atoms with E-state index in [1.165, 1.54) is 0 Å². The first-order chi connectivity index (χ1) is 20.9. The number of fused-ring (bicyclic) bond motifs is 3. The lowest BCUT2D eigenvalue weighted by molar-refractivity contribution is -0.159. The van der Waals surface area contributed by atoms with Crippen LogP contribution in [0.3, 0.4) is 0 Å². The summed E-state index contributed by atoms with van der Waals surface area (Å²) in [6.07, 6.45) is -0.461. The van der Waals surface area contributed by atoms with Crippen molar-refractivity contribution in [2.45, 2.75) is 30.8 Å². The Hall–Kier alpha value is -5.15. The number of aliphatic carboxylic acids is 1. The molecule has 1 aliphatic carbocycles. The van der Waals surface area contributed by atoms with E-state index in [0.717, 1.165) is 33.4 Å². The molecule has 0 aliphatic heterocycles. The number of ether oxygens (including phenoxy) is 2. The van der Waals surface area contributed by atoms with Gasteiger partial charge in [-0.25, -0.2) is 0 Å². The number of methoxy groups -OCH3 is 2. The minimum absolute atomic E-state index is 0.0105. The molecule has 4 aromatic rings. The highest BCUT2D eigenvalue weighted by atomic mass is 16.7. The lowest BCUT2D eigenvalue weighted by Crippen LogP contribution is -2.43. The van der Waals surface area contributed by atoms with Crippen LogP contribution in [0.1, 0.15) is 47.1 Å². The molecule has 1 amide bonds. The van der Waals surface area contributed by atoms with Gasteiger partial charge in [0.25, 0.3) is 0 Å². The molecule has 0 aromatic heterocycles. The Labute approximate surface area is 249 Å². The molecule has 0 saturated carbocycles. The van der Waals surface area contributed by atoms with E-state index in [0.29, 0.717) is 11.5 Å². The van der Waals surface area contributed by atoms with Crippen LogP contribution < -0.4 is 20.3 Å². The molecule has 1 unspecified atom stereocenters. The topological polar surface area (TPSA) is 123 Å². The number of nitrogens with one attached hydrogen (secondary N) is 2. The summed E-state index contributed by atoms with van der Waals surface area (Å²) >= 11 is 0. The molecule has 0 spiro atoms. The van der Waals surface area contributed by atoms with Gasteiger partial charge >= 0.3 is 11.9 Å². The molecule has 1 aliphatic rings. The molecule has 0 heterocycles. The Bertz CT molecular complexity index is 1510. The van der Waals surface area contributed by atoms with Crippen molar-refractivity contribution in [3.63, 3.8) is 0 Å². The van der Waals surface area contributed by atoms with Gasteiger partial charge in [0.1, 0.15) is 17.5 Å². The fraction of sp³-hybridized carbons (Fsp3) is 0.206. The Balaban J connectivity index is 1.25. The summed E-state index contributed by atoms with van der Waals surface area (Å²) in [6.45, 7) is 0. The zero-order valence-corrected chi connectivity index (χ0v) is 23.8. The number of amides is 1. The Morgan fingerprint density at radius 1 is 0.744 bits per heavy atom. The van der Waals surface area contributed by atoms with E-state index in [1.54, 1.807) is 38.5 Å². The number of benzene rings is 4. The molecule has 9 nitrogen and oxygen atoms in total. The average Bonchev–Trinajstić information content (AvgIpc) is 3.35. The van der Waals surface area contributed by atoms with E-state index in [9.17, 15) is 19.5 Å². The summed E-state index contributed by atoms with van der Waals surface area (Å²) in [5.74, 6) is -1.41. The van der Waals surface area contributed by atoms with Crippen LogP contribution in [0.25, 0.3) is 11.1 Å². The highest BCUT2D eigenvalue weighted by molar-refractivity contribution is 5.85. The predicted octanol–water partition coefficient (Wildman–Crippen LogP) is 5.00. The first-order valence-electron chi connectivity index (χ1n) is 13.8. The first-order valence-corrected chi connectivity index (χ1v) is 13.8. The third-order valence-corrected chi connectivity index (χ3v) is 7.54. The van der Waals surface area contributed by atoms with Crippen LogP contribution in [0.5, 0.6) is 11.5 Å². The molecule has 5 rings (SSSR count). The van der Waals surface area contributed by atoms with Crippen LogP contribution in [0, 0.1) is 0 Å². The van der Waals surface area contributed by atoms with Gasteiger partial charge < -0.3 is 24.7 Å². The van der Waals surface area contributed by atoms with Crippen LogP contribution in [0.15, 0.2) is 97.1 Å². The molecule has 220 valence electrons. The van der Waals surface area contributed by atoms with E-state index in [1.807, 2.05) is 72.8 Å². The van der Waals surface area contributed by atoms with Crippen molar-refractivity contribution < 1.29 is 33.8 Å². The first kappa shape index (κ1) is 29.3. The largest absolute Gasteiger partial charge is 0.497 e. The number of carboxylic acids is 1. The molecule has 0 radical (unpaired) electrons. The van der Waals surface area contributed by atoms with E-state index in [2.05, 4.69) is 10.8 Å². The summed E-state index contributed by atoms with van der Waals surface area (Å²) in [4.78, 5) is 43.3. The minimum Gasteiger partial charge on any atom is -0.497 e. The molecule has 0 fully saturated rings. The van der Waals surface area contributed by atoms with Crippen molar-refractivity contribution in [3.05, 3.63) is 119 Å². The number of rotatable bonds is 12. The molecular formula is C34H32N2O7. The molecule has 1 atom stereocenters. The third kappa shape index (κ3) is 6.68. The van der Waals surface area contributed by atoms with Gasteiger partial charge in [0.05, 0.1) is 33.1 Å². The Morgan fingerprint density at radius 3 is 1.70 bits per heavy atom. The minimum atomic E-state index is -1.46. The number of hydrogen-bond donors (Lipinski definition) is 3. The molecule has 0 saturated heterocycles. The average molecular weight is 581 g/mol. The quantitative estimate of drug-likeness (QED) is 0.200. The van der Waals surface area contributed by atoms with Gasteiger partial charge in [-0.3, -0.25) is 14.4 Å². The Kier molecular flexibility index (Phi) is 9.02. The van der Waals surface area contributed by atoms with Gasteiger partial charge in [-0.1, -0.05) is 72.8 Å². The van der Waals surface area contributed by atoms with Crippen LogP contribution in [0.2, 0.25) is 0 Å². The summed E-state index contributed by atoms with van der Waals surface area (Å²) in [5.41, 5.74) is 7.99. The van der Waals surface area contributed by atoms with Gasteiger partial charge in [-0.05, 0) is 57.6 Å². The van der Waals surface area contributed by atoms with Gasteiger partial charge in [0, 0.05) is 5.92 Å². The maximum absolute atomic E-state index is 13.2. The standard InChI is InChI=1S/C34H32N2O7/c1-41-23-15-11-21(12-16-23)33(22-13-17-24(42-2)18-14-22)35-31(37)20-30(34(39)40)36-43-32(38)19-29-27-9-5-3-7-25(27)26-8-4-6-10-28(26)29/h3-18,29-30,33,36H,19-20H2,1-2H3,(H,35,37)(H,39,40). The normalized spacial score (nSPS) is 12.6. The summed E-state index contributed by atoms with van der Waals surface area (Å²) in [7, 11) is 3.13. The fourth-order valence-corrected chi connectivity index (χ4v) is 5.36. The molecule has 9 heteroatoms. The Morgan fingerprint density at radius 2 is 1.23 bits per heavy atom. The second-order valence-corrected chi connectivity index (χ2v) is 10.2. The predicted molar refractivity (Wildman–Crippen MR) is 160 cm³/mol. The number of carboxylic acid groups (broad SMARTS) is 1. The molecule has 43 heavy (non-hydrogen) atoms. The van der Waals surface area contributed by atoms with Gasteiger partial charge in [0.15, 0.2) is 0 Å². The summed E-state index contributed by atoms with van der Waals surface area (Å²) in [6, 6.07) is 28.1. The van der Waals surface area contributed by atoms with Crippen LogP contribution in [0.4, 0.5) is 0 Å². The number of carbonyl (C=O) groups excluding carboxylic acids is 2. The number of hydrogen-bond acceptors (Lipinski definition) is 7. The fourth-order valence-electron chi connectivity index (χ4n) is 5.36. The smallest absolute Gasteiger partial charge is 0.325 e. The van der Waals surface area contributed by atoms with Crippen molar-refractivity contribution in [3.8, 4) is 22.6 Å². The van der Waals surface area contributed by atoms with Crippen molar-refractivity contribution in [2.75, 3.05) is 14.2 Å². The van der Waals surface area contributed by atoms with Crippen molar-refractivity contribution in [2.24, 2.45) is 0 Å². The maximum atomic E-state index is 13.2. The van der Waals surface area contributed by atoms with Crippen LogP contribution in [-0.4, -0.2) is 43.2 Å². The molecular weight excluding hydrogens is 548 g/mol. The monoisotopic (exact) mass is 580 g/mol. The summed E-state index contributed by atoms with van der Waals surface area (Å²) < 4.78 is 10.5. The van der Waals surface area contributed by atoms with Crippen LogP contribution >= 0.6 is 0 Å². The van der Waals surface area contributed by atoms with E-state index < -0.39 is 36.4 Å². The van der Waals surface area contributed by atoms with Gasteiger partial charge in [0.2, 0.25) is 5.91 Å². The lowest BCUT2D eigenvalue weighted by atomic mass is 9.94. The van der Waals surface area contributed by atoms with Crippen molar-refractivity contribution in [1.29, 1.82) is 0 Å². The van der Waals surface area contributed by atoms with Crippen LogP contribution in [-0.2, 0) is 19.2 Å². The highest BCUT2D eigenvalue weighted by Crippen LogP contribution is 2.46. The van der Waals surface area contributed by atoms with Crippen molar-refractivity contribution >= 4 is 17.8 Å². The second kappa shape index (κ2) is 13.2. The SMILES string of the molecule is COc1ccc(C(NC(=O)CC(NOC(=O)CC2c3ccccc3-c3ccccc32)C(=O)O)c2ccc(OC)cc2)cc1. The molecule has 3 N–H and O–H groups in total. The van der Waals surface area contributed by atoms with E-state index in [-0.39, 0.29) is 12.3 Å².